The second-order valence-electron chi connectivity index (χ2n) is 29.3. The first kappa shape index (κ1) is 51.1. The highest BCUT2D eigenvalue weighted by molar-refractivity contribution is 6.16. The standard InChI is InChI=1S/C84H71N3/c1-79(2)64-26-17-13-22-54(64)58-36-32-48(42-70(58)79)85(49-33-37-59-55-23-14-18-27-65(55)80(3,4)71(59)43-49)52-40-62-63-41-53(47-75-77(63)87-76(62)74(46-52)83(9,10)68-30-21-31-69(78(68)87)84(75,11)12)86(50-34-38-60-56-24-15-19-28-66(56)81(5,6)72(60)44-50)51-35-39-61-57-25-16-20-29-67(57)82(7,8)73(61)45-51/h13-47H,1-12H3. The van der Waals surface area contributed by atoms with Gasteiger partial charge in [0, 0.05) is 77.4 Å². The fraction of sp³-hybridized carbons (Fsp3) is 0.214. The minimum atomic E-state index is -0.342. The average Bonchev–Trinajstić information content (AvgIpc) is 1.58. The number of benzene rings is 11. The molecule has 12 aromatic rings. The number of fused-ring (bicyclic) bond motifs is 13. The Kier molecular flexibility index (Phi) is 9.66. The fourth-order valence-corrected chi connectivity index (χ4v) is 18.0. The Hall–Kier alpha value is -9.18. The van der Waals surface area contributed by atoms with Crippen LogP contribution < -0.4 is 9.80 Å². The summed E-state index contributed by atoms with van der Waals surface area (Å²) in [7, 11) is 0. The minimum absolute atomic E-state index is 0.181. The third kappa shape index (κ3) is 6.32. The van der Waals surface area contributed by atoms with E-state index in [2.05, 4.69) is 310 Å². The maximum absolute atomic E-state index is 2.70. The van der Waals surface area contributed by atoms with Crippen LogP contribution in [0.2, 0.25) is 0 Å². The summed E-state index contributed by atoms with van der Waals surface area (Å²) in [6, 6.07) is 82.9. The van der Waals surface area contributed by atoms with Crippen LogP contribution in [0.5, 0.6) is 0 Å². The maximum Gasteiger partial charge on any atom is 0.0583 e. The number of hydrogen-bond acceptors (Lipinski definition) is 2. The molecular formula is C84H71N3. The molecule has 6 aliphatic rings. The summed E-state index contributed by atoms with van der Waals surface area (Å²) in [6.07, 6.45) is 0. The number of aromatic nitrogens is 1. The van der Waals surface area contributed by atoms with Crippen LogP contribution in [0.25, 0.3) is 72.0 Å². The van der Waals surface area contributed by atoms with Gasteiger partial charge in [0.1, 0.15) is 0 Å². The number of nitrogens with zero attached hydrogens (tertiary/aromatic N) is 3. The summed E-state index contributed by atoms with van der Waals surface area (Å²) in [5, 5.41) is 2.55. The molecule has 2 aliphatic heterocycles. The van der Waals surface area contributed by atoms with Gasteiger partial charge in [0.2, 0.25) is 0 Å². The largest absolute Gasteiger partial charge is 0.310 e. The molecule has 0 N–H and O–H groups in total. The summed E-state index contributed by atoms with van der Waals surface area (Å²) in [5.41, 5.74) is 36.6. The SMILES string of the molecule is CC1(C)c2ccccc2-c2ccc(N(c3ccc4c(c3)C(C)(C)c3ccccc3-4)c3cc4c5c(c3)c3cc(N(c6ccc7c(c6)C(C)(C)c6ccccc6-7)c6ccc7c(c6)C(C)(C)c6ccccc6-7)cc6c3n5-c3c(cccc3C6(C)C)C4(C)C)cc21. The van der Waals surface area contributed by atoms with Crippen molar-refractivity contribution in [3.8, 4) is 50.2 Å². The Balaban J connectivity index is 0.927. The van der Waals surface area contributed by atoms with E-state index >= 15 is 0 Å². The molecule has 0 saturated carbocycles. The first-order valence-corrected chi connectivity index (χ1v) is 31.6. The summed E-state index contributed by atoms with van der Waals surface area (Å²) in [5.74, 6) is 0. The Morgan fingerprint density at radius 1 is 0.218 bits per heavy atom. The Labute approximate surface area is 512 Å². The van der Waals surface area contributed by atoms with Gasteiger partial charge in [-0.15, -0.1) is 0 Å². The van der Waals surface area contributed by atoms with E-state index < -0.39 is 0 Å². The van der Waals surface area contributed by atoms with Gasteiger partial charge >= 0.3 is 0 Å². The predicted octanol–water partition coefficient (Wildman–Crippen LogP) is 22.2. The number of rotatable bonds is 6. The molecule has 1 aromatic heterocycles. The van der Waals surface area contributed by atoms with Crippen LogP contribution in [-0.2, 0) is 32.5 Å². The van der Waals surface area contributed by atoms with E-state index in [0.717, 1.165) is 34.1 Å². The lowest BCUT2D eigenvalue weighted by atomic mass is 9.68. The topological polar surface area (TPSA) is 11.4 Å². The summed E-state index contributed by atoms with van der Waals surface area (Å²) in [6.45, 7) is 29.2. The van der Waals surface area contributed by atoms with Crippen LogP contribution in [0.3, 0.4) is 0 Å². The van der Waals surface area contributed by atoms with Crippen molar-refractivity contribution in [2.75, 3.05) is 9.80 Å². The molecule has 3 heteroatoms. The van der Waals surface area contributed by atoms with E-state index in [0.29, 0.717) is 0 Å². The molecule has 0 spiro atoms. The Bertz CT molecular complexity index is 4600. The van der Waals surface area contributed by atoms with Crippen LogP contribution in [0.4, 0.5) is 34.1 Å². The second kappa shape index (κ2) is 16.5. The molecule has 0 radical (unpaired) electrons. The van der Waals surface area contributed by atoms with E-state index in [1.807, 2.05) is 0 Å². The van der Waals surface area contributed by atoms with Gasteiger partial charge < -0.3 is 14.4 Å². The molecule has 18 rings (SSSR count). The monoisotopic (exact) mass is 1120 g/mol. The molecule has 0 unspecified atom stereocenters. The van der Waals surface area contributed by atoms with Crippen LogP contribution >= 0.6 is 0 Å². The quantitative estimate of drug-likeness (QED) is 0.164. The molecule has 0 atom stereocenters. The first-order valence-electron chi connectivity index (χ1n) is 31.6. The zero-order valence-electron chi connectivity index (χ0n) is 52.0. The molecule has 422 valence electrons. The molecule has 87 heavy (non-hydrogen) atoms. The van der Waals surface area contributed by atoms with Crippen molar-refractivity contribution in [3.05, 3.63) is 279 Å². The first-order chi connectivity index (χ1) is 41.7. The fourth-order valence-electron chi connectivity index (χ4n) is 18.0. The van der Waals surface area contributed by atoms with Crippen molar-refractivity contribution in [1.29, 1.82) is 0 Å². The molecule has 0 amide bonds. The normalized spacial score (nSPS) is 17.3. The van der Waals surface area contributed by atoms with Crippen molar-refractivity contribution in [1.82, 2.24) is 4.57 Å². The molecule has 3 heterocycles. The number of hydrogen-bond donors (Lipinski definition) is 0. The lowest BCUT2D eigenvalue weighted by Gasteiger charge is -2.42. The molecular weight excluding hydrogens is 1050 g/mol. The van der Waals surface area contributed by atoms with E-state index in [4.69, 9.17) is 0 Å². The Morgan fingerprint density at radius 2 is 0.460 bits per heavy atom. The van der Waals surface area contributed by atoms with E-state index in [1.165, 1.54) is 139 Å². The maximum atomic E-state index is 2.70. The minimum Gasteiger partial charge on any atom is -0.310 e. The van der Waals surface area contributed by atoms with Crippen molar-refractivity contribution in [2.45, 2.75) is 116 Å². The lowest BCUT2D eigenvalue weighted by Crippen LogP contribution is -2.33. The van der Waals surface area contributed by atoms with Gasteiger partial charge in [-0.3, -0.25) is 0 Å². The predicted molar refractivity (Wildman–Crippen MR) is 365 cm³/mol. The van der Waals surface area contributed by atoms with Crippen LogP contribution in [0.15, 0.2) is 212 Å². The van der Waals surface area contributed by atoms with E-state index in [9.17, 15) is 0 Å². The molecule has 11 aromatic carbocycles. The van der Waals surface area contributed by atoms with Crippen molar-refractivity contribution in [2.24, 2.45) is 0 Å². The molecule has 0 bridgehead atoms. The van der Waals surface area contributed by atoms with Gasteiger partial charge in [-0.1, -0.05) is 223 Å². The van der Waals surface area contributed by atoms with Gasteiger partial charge in [-0.2, -0.15) is 0 Å². The van der Waals surface area contributed by atoms with Gasteiger partial charge in [-0.25, -0.2) is 0 Å². The van der Waals surface area contributed by atoms with E-state index in [-0.39, 0.29) is 32.5 Å². The molecule has 4 aliphatic carbocycles. The van der Waals surface area contributed by atoms with Crippen LogP contribution in [0.1, 0.15) is 150 Å². The van der Waals surface area contributed by atoms with Gasteiger partial charge in [0.25, 0.3) is 0 Å². The second-order valence-corrected chi connectivity index (χ2v) is 29.3. The summed E-state index contributed by atoms with van der Waals surface area (Å²) >= 11 is 0. The smallest absolute Gasteiger partial charge is 0.0583 e. The third-order valence-electron chi connectivity index (χ3n) is 22.7. The lowest BCUT2D eigenvalue weighted by molar-refractivity contribution is 0.593. The zero-order valence-corrected chi connectivity index (χ0v) is 52.0. The molecule has 3 nitrogen and oxygen atoms in total. The molecule has 0 saturated heterocycles. The zero-order chi connectivity index (χ0) is 59.4. The van der Waals surface area contributed by atoms with Gasteiger partial charge in [-0.05, 0) is 184 Å². The van der Waals surface area contributed by atoms with Gasteiger partial charge in [0.15, 0.2) is 0 Å². The van der Waals surface area contributed by atoms with Crippen LogP contribution in [0, 0.1) is 0 Å². The number of anilines is 6. The average molecular weight is 1120 g/mol. The van der Waals surface area contributed by atoms with Crippen molar-refractivity contribution < 1.29 is 0 Å². The van der Waals surface area contributed by atoms with Crippen molar-refractivity contribution in [3.63, 3.8) is 0 Å². The van der Waals surface area contributed by atoms with Crippen LogP contribution in [-0.4, -0.2) is 4.57 Å². The summed E-state index contributed by atoms with van der Waals surface area (Å²) < 4.78 is 2.70. The summed E-state index contributed by atoms with van der Waals surface area (Å²) in [4.78, 5) is 5.21. The molecule has 0 fully saturated rings. The van der Waals surface area contributed by atoms with Gasteiger partial charge in [0.05, 0.1) is 16.7 Å². The third-order valence-corrected chi connectivity index (χ3v) is 22.7. The highest BCUT2D eigenvalue weighted by atomic mass is 15.2. The number of para-hydroxylation sites is 1. The Morgan fingerprint density at radius 3 is 0.759 bits per heavy atom. The van der Waals surface area contributed by atoms with Crippen molar-refractivity contribution >= 4 is 55.9 Å². The highest BCUT2D eigenvalue weighted by Crippen LogP contribution is 2.61. The highest BCUT2D eigenvalue weighted by Gasteiger charge is 2.46. The van der Waals surface area contributed by atoms with E-state index in [1.54, 1.807) is 0 Å².